The molecule has 0 unspecified atom stereocenters. The zero-order valence-corrected chi connectivity index (χ0v) is 13.6. The minimum atomic E-state index is -0.350. The van der Waals surface area contributed by atoms with Crippen molar-refractivity contribution >= 4 is 11.8 Å². The number of halogens is 1. The Kier molecular flexibility index (Phi) is 4.17. The fourth-order valence-electron chi connectivity index (χ4n) is 2.23. The molecule has 8 nitrogen and oxygen atoms in total. The van der Waals surface area contributed by atoms with Gasteiger partial charge in [-0.3, -0.25) is 0 Å². The first-order valence-electron chi connectivity index (χ1n) is 7.31. The summed E-state index contributed by atoms with van der Waals surface area (Å²) in [7, 11) is 0. The van der Waals surface area contributed by atoms with Crippen molar-refractivity contribution in [1.29, 1.82) is 0 Å². The molecule has 4 rings (SSSR count). The van der Waals surface area contributed by atoms with E-state index in [2.05, 4.69) is 31.1 Å². The van der Waals surface area contributed by atoms with Crippen LogP contribution in [-0.2, 0) is 5.75 Å². The van der Waals surface area contributed by atoms with Crippen LogP contribution in [0.5, 0.6) is 0 Å². The van der Waals surface area contributed by atoms with E-state index >= 15 is 0 Å². The van der Waals surface area contributed by atoms with E-state index in [4.69, 9.17) is 0 Å². The topological polar surface area (TPSA) is 87.2 Å². The molecule has 0 bridgehead atoms. The number of thioether (sulfide) groups is 1. The van der Waals surface area contributed by atoms with Gasteiger partial charge in [0.15, 0.2) is 5.82 Å². The van der Waals surface area contributed by atoms with Gasteiger partial charge in [-0.25, -0.2) is 4.39 Å². The highest BCUT2D eigenvalue weighted by Gasteiger charge is 2.13. The lowest BCUT2D eigenvalue weighted by atomic mass is 10.3. The van der Waals surface area contributed by atoms with E-state index in [0.717, 1.165) is 5.69 Å². The molecule has 2 heterocycles. The van der Waals surface area contributed by atoms with E-state index in [1.807, 2.05) is 30.3 Å². The molecule has 0 amide bonds. The number of hydrogen-bond acceptors (Lipinski definition) is 7. The molecule has 0 saturated carbocycles. The molecule has 0 saturated heterocycles. The van der Waals surface area contributed by atoms with Crippen LogP contribution < -0.4 is 0 Å². The molecule has 0 atom stereocenters. The van der Waals surface area contributed by atoms with Crippen LogP contribution in [0.4, 0.5) is 4.39 Å². The normalized spacial score (nSPS) is 10.9. The summed E-state index contributed by atoms with van der Waals surface area (Å²) in [5.41, 5.74) is 1.42. The molecule has 0 spiro atoms. The third-order valence-corrected chi connectivity index (χ3v) is 4.27. The number of para-hydroxylation sites is 1. The van der Waals surface area contributed by atoms with Gasteiger partial charge in [0.05, 0.1) is 17.1 Å². The smallest absolute Gasteiger partial charge is 0.207 e. The molecule has 4 aromatic rings. The van der Waals surface area contributed by atoms with Crippen molar-refractivity contribution in [3.63, 3.8) is 0 Å². The maximum atomic E-state index is 13.4. The van der Waals surface area contributed by atoms with E-state index in [1.165, 1.54) is 28.6 Å². The summed E-state index contributed by atoms with van der Waals surface area (Å²) in [5, 5.41) is 23.9. The van der Waals surface area contributed by atoms with Crippen molar-refractivity contribution in [3.8, 4) is 11.4 Å². The zero-order chi connectivity index (χ0) is 17.1. The van der Waals surface area contributed by atoms with Crippen LogP contribution in [0.2, 0.25) is 0 Å². The van der Waals surface area contributed by atoms with E-state index in [1.54, 1.807) is 16.8 Å². The van der Waals surface area contributed by atoms with Crippen molar-refractivity contribution < 1.29 is 4.39 Å². The van der Waals surface area contributed by atoms with Gasteiger partial charge in [-0.15, -0.1) is 10.2 Å². The van der Waals surface area contributed by atoms with E-state index in [0.29, 0.717) is 22.4 Å². The number of benzene rings is 2. The van der Waals surface area contributed by atoms with E-state index in [9.17, 15) is 4.39 Å². The van der Waals surface area contributed by atoms with Crippen LogP contribution in [0.3, 0.4) is 0 Å². The first-order valence-corrected chi connectivity index (χ1v) is 8.29. The number of aromatic nitrogens is 8. The number of tetrazole rings is 2. The molecule has 124 valence electrons. The Hall–Kier alpha value is -3.14. The van der Waals surface area contributed by atoms with Gasteiger partial charge in [0.2, 0.25) is 5.16 Å². The lowest BCUT2D eigenvalue weighted by Crippen LogP contribution is -2.03. The highest BCUT2D eigenvalue weighted by Crippen LogP contribution is 2.22. The summed E-state index contributed by atoms with van der Waals surface area (Å²) in [6.45, 7) is 0. The lowest BCUT2D eigenvalue weighted by Gasteiger charge is -2.05. The van der Waals surface area contributed by atoms with Gasteiger partial charge in [0, 0.05) is 0 Å². The molecule has 0 aliphatic carbocycles. The van der Waals surface area contributed by atoms with Crippen LogP contribution >= 0.6 is 11.8 Å². The van der Waals surface area contributed by atoms with Gasteiger partial charge >= 0.3 is 0 Å². The Morgan fingerprint density at radius 2 is 1.60 bits per heavy atom. The van der Waals surface area contributed by atoms with Crippen LogP contribution in [0.25, 0.3) is 11.4 Å². The average Bonchev–Trinajstić information content (AvgIpc) is 3.30. The molecular formula is C15H11FN8S. The summed E-state index contributed by atoms with van der Waals surface area (Å²) >= 11 is 1.36. The van der Waals surface area contributed by atoms with Crippen molar-refractivity contribution in [2.45, 2.75) is 10.9 Å². The van der Waals surface area contributed by atoms with Crippen molar-refractivity contribution in [1.82, 2.24) is 40.4 Å². The third-order valence-electron chi connectivity index (χ3n) is 3.36. The Labute approximate surface area is 145 Å². The number of rotatable bonds is 5. The lowest BCUT2D eigenvalue weighted by molar-refractivity contribution is 0.623. The summed E-state index contributed by atoms with van der Waals surface area (Å²) in [6, 6.07) is 15.7. The van der Waals surface area contributed by atoms with Gasteiger partial charge in [-0.1, -0.05) is 36.0 Å². The first kappa shape index (κ1) is 15.4. The monoisotopic (exact) mass is 354 g/mol. The van der Waals surface area contributed by atoms with Crippen LogP contribution in [0.15, 0.2) is 59.8 Å². The van der Waals surface area contributed by atoms with Crippen LogP contribution in [-0.4, -0.2) is 40.4 Å². The van der Waals surface area contributed by atoms with Gasteiger partial charge < -0.3 is 0 Å². The average molecular weight is 354 g/mol. The molecule has 0 N–H and O–H groups in total. The van der Waals surface area contributed by atoms with E-state index in [-0.39, 0.29) is 5.82 Å². The van der Waals surface area contributed by atoms with Gasteiger partial charge in [0.25, 0.3) is 0 Å². The summed E-state index contributed by atoms with van der Waals surface area (Å²) in [6.07, 6.45) is 0. The largest absolute Gasteiger partial charge is 0.214 e. The Morgan fingerprint density at radius 1 is 0.840 bits per heavy atom. The highest BCUT2D eigenvalue weighted by atomic mass is 32.2. The minimum Gasteiger partial charge on any atom is -0.207 e. The molecule has 2 aromatic carbocycles. The predicted octanol–water partition coefficient (Wildman–Crippen LogP) is 2.07. The summed E-state index contributed by atoms with van der Waals surface area (Å²) in [5.74, 6) is 0.763. The van der Waals surface area contributed by atoms with Crippen molar-refractivity contribution in [2.24, 2.45) is 0 Å². The molecule has 25 heavy (non-hydrogen) atoms. The molecule has 0 aliphatic rings. The molecule has 10 heteroatoms. The summed E-state index contributed by atoms with van der Waals surface area (Å²) < 4.78 is 16.6. The summed E-state index contributed by atoms with van der Waals surface area (Å²) in [4.78, 5) is 0. The van der Waals surface area contributed by atoms with Gasteiger partial charge in [0.1, 0.15) is 5.82 Å². The maximum Gasteiger partial charge on any atom is 0.214 e. The SMILES string of the molecule is Fc1cccc(-n2nnnc2SCc2nnnn2-c2ccccc2)c1. The molecule has 2 aromatic heterocycles. The number of nitrogens with zero attached hydrogens (tertiary/aromatic N) is 8. The van der Waals surface area contributed by atoms with Gasteiger partial charge in [-0.2, -0.15) is 9.36 Å². The molecule has 0 aliphatic heterocycles. The second-order valence-electron chi connectivity index (χ2n) is 4.98. The van der Waals surface area contributed by atoms with Crippen molar-refractivity contribution in [2.75, 3.05) is 0 Å². The molecule has 0 radical (unpaired) electrons. The third kappa shape index (κ3) is 3.24. The Balaban J connectivity index is 1.56. The maximum absolute atomic E-state index is 13.4. The molecular weight excluding hydrogens is 343 g/mol. The first-order chi connectivity index (χ1) is 12.3. The predicted molar refractivity (Wildman–Crippen MR) is 87.8 cm³/mol. The van der Waals surface area contributed by atoms with Gasteiger partial charge in [-0.05, 0) is 51.2 Å². The highest BCUT2D eigenvalue weighted by molar-refractivity contribution is 7.98. The fraction of sp³-hybridized carbons (Fsp3) is 0.0667. The van der Waals surface area contributed by atoms with Crippen LogP contribution in [0, 0.1) is 5.82 Å². The quantitative estimate of drug-likeness (QED) is 0.507. The minimum absolute atomic E-state index is 0.350. The van der Waals surface area contributed by atoms with Crippen LogP contribution in [0.1, 0.15) is 5.82 Å². The zero-order valence-electron chi connectivity index (χ0n) is 12.8. The standard InChI is InChI=1S/C15H11FN8S/c16-11-5-4-8-13(9-11)24-15(18-20-22-24)25-10-14-17-19-21-23(14)12-6-2-1-3-7-12/h1-9H,10H2. The van der Waals surface area contributed by atoms with Crippen molar-refractivity contribution in [3.05, 3.63) is 66.2 Å². The Bertz CT molecular complexity index is 984. The second kappa shape index (κ2) is 6.77. The fourth-order valence-corrected chi connectivity index (χ4v) is 3.03. The molecule has 0 fully saturated rings. The number of hydrogen-bond donors (Lipinski definition) is 0. The Morgan fingerprint density at radius 3 is 2.44 bits per heavy atom. The second-order valence-corrected chi connectivity index (χ2v) is 5.93. The van der Waals surface area contributed by atoms with E-state index < -0.39 is 0 Å².